The van der Waals surface area contributed by atoms with E-state index in [1.165, 1.54) is 40.0 Å². The van der Waals surface area contributed by atoms with Crippen molar-refractivity contribution in [3.05, 3.63) is 159 Å². The number of nitrogens with zero attached hydrogens (tertiary/aromatic N) is 2. The van der Waals surface area contributed by atoms with Crippen molar-refractivity contribution in [1.29, 1.82) is 0 Å². The second kappa shape index (κ2) is 25.5. The number of nitrogens with one attached hydrogen (secondary N) is 4. The number of hydrogen-bond donors (Lipinski definition) is 4. The topological polar surface area (TPSA) is 157 Å². The molecule has 19 heteroatoms. The number of hydrogen-bond acceptors (Lipinski definition) is 8. The van der Waals surface area contributed by atoms with Crippen LogP contribution in [-0.4, -0.2) is 88.6 Å². The van der Waals surface area contributed by atoms with E-state index >= 15 is 0 Å². The van der Waals surface area contributed by atoms with Crippen molar-refractivity contribution in [2.75, 3.05) is 44.6 Å². The first kappa shape index (κ1) is 54.5. The summed E-state index contributed by atoms with van der Waals surface area (Å²) < 4.78 is 94.2. The molecule has 4 N–H and O–H groups in total. The van der Waals surface area contributed by atoms with Gasteiger partial charge in [-0.05, 0) is 141 Å². The summed E-state index contributed by atoms with van der Waals surface area (Å²) in [6.07, 6.45) is 2.86. The molecule has 376 valence electrons. The fourth-order valence-electron chi connectivity index (χ4n) is 8.10. The highest BCUT2D eigenvalue weighted by molar-refractivity contribution is 7.89. The Morgan fingerprint density at radius 1 is 0.629 bits per heavy atom. The molecule has 1 atom stereocenters. The van der Waals surface area contributed by atoms with Crippen LogP contribution in [0.15, 0.2) is 131 Å². The van der Waals surface area contributed by atoms with Gasteiger partial charge in [-0.15, -0.1) is 0 Å². The van der Waals surface area contributed by atoms with Crippen LogP contribution in [0.3, 0.4) is 0 Å². The quantitative estimate of drug-likeness (QED) is 0.0596. The Labute approximate surface area is 419 Å². The van der Waals surface area contributed by atoms with Crippen molar-refractivity contribution < 1.29 is 39.6 Å². The molecule has 0 aliphatic carbocycles. The van der Waals surface area contributed by atoms with Gasteiger partial charge in [0.2, 0.25) is 20.0 Å². The molecule has 0 saturated carbocycles. The summed E-state index contributed by atoms with van der Waals surface area (Å²) in [5.41, 5.74) is 2.07. The zero-order valence-electron chi connectivity index (χ0n) is 38.9. The second-order valence-electron chi connectivity index (χ2n) is 17.3. The van der Waals surface area contributed by atoms with Gasteiger partial charge in [0.25, 0.3) is 11.8 Å². The predicted molar refractivity (Wildman–Crippen MR) is 269 cm³/mol. The maximum absolute atomic E-state index is 13.1. The normalized spacial score (nSPS) is 16.1. The summed E-state index contributed by atoms with van der Waals surface area (Å²) in [4.78, 5) is 25.1. The van der Waals surface area contributed by atoms with Gasteiger partial charge in [0.1, 0.15) is 0 Å². The van der Waals surface area contributed by atoms with E-state index in [0.717, 1.165) is 37.1 Å². The van der Waals surface area contributed by atoms with Crippen LogP contribution in [0.25, 0.3) is 0 Å². The summed E-state index contributed by atoms with van der Waals surface area (Å²) in [6.45, 7) is 5.53. The first-order chi connectivity index (χ1) is 33.4. The number of alkyl halides is 3. The molecular weight excluding hydrogens is 985 g/mol. The van der Waals surface area contributed by atoms with E-state index in [9.17, 15) is 39.6 Å². The molecule has 2 heterocycles. The minimum absolute atomic E-state index is 0.0916. The maximum atomic E-state index is 13.1. The summed E-state index contributed by atoms with van der Waals surface area (Å²) >= 11 is 11.7. The number of benzene rings is 5. The Balaban J connectivity index is 0.000000236. The van der Waals surface area contributed by atoms with Crippen molar-refractivity contribution in [1.82, 2.24) is 24.6 Å². The van der Waals surface area contributed by atoms with Crippen molar-refractivity contribution in [3.63, 3.8) is 0 Å². The number of rotatable bonds is 19. The number of carbonyl (C=O) groups is 2. The number of unbranched alkanes of at least 4 members (excludes halogenated alkanes) is 3. The highest BCUT2D eigenvalue weighted by Crippen LogP contribution is 2.30. The predicted octanol–water partition coefficient (Wildman–Crippen LogP) is 9.80. The molecule has 2 aliphatic rings. The third kappa shape index (κ3) is 15.8. The van der Waals surface area contributed by atoms with Gasteiger partial charge in [-0.2, -0.15) is 21.8 Å². The van der Waals surface area contributed by atoms with Gasteiger partial charge in [-0.25, -0.2) is 16.8 Å². The lowest BCUT2D eigenvalue weighted by atomic mass is 10.1. The molecule has 1 unspecified atom stereocenters. The van der Waals surface area contributed by atoms with E-state index < -0.39 is 31.8 Å². The molecule has 5 aromatic carbocycles. The molecule has 12 nitrogen and oxygen atoms in total. The molecule has 70 heavy (non-hydrogen) atoms. The van der Waals surface area contributed by atoms with Crippen LogP contribution >= 0.6 is 23.2 Å². The Kier molecular flexibility index (Phi) is 19.9. The van der Waals surface area contributed by atoms with Crippen LogP contribution in [-0.2, 0) is 39.2 Å². The van der Waals surface area contributed by atoms with Gasteiger partial charge in [0.15, 0.2) is 0 Å². The number of amides is 2. The Morgan fingerprint density at radius 3 is 1.86 bits per heavy atom. The van der Waals surface area contributed by atoms with Crippen LogP contribution in [0.4, 0.5) is 18.9 Å². The monoisotopic (exact) mass is 1040 g/mol. The van der Waals surface area contributed by atoms with Gasteiger partial charge >= 0.3 is 6.18 Å². The van der Waals surface area contributed by atoms with Gasteiger partial charge in [0.05, 0.1) is 15.4 Å². The van der Waals surface area contributed by atoms with Crippen LogP contribution < -0.4 is 21.3 Å². The van der Waals surface area contributed by atoms with Crippen LogP contribution in [0.1, 0.15) is 89.3 Å². The van der Waals surface area contributed by atoms with E-state index in [4.69, 9.17) is 23.2 Å². The van der Waals surface area contributed by atoms with Crippen LogP contribution in [0.2, 0.25) is 10.0 Å². The molecule has 2 fully saturated rings. The lowest BCUT2D eigenvalue weighted by molar-refractivity contribution is -0.137. The smallest absolute Gasteiger partial charge is 0.348 e. The zero-order chi connectivity index (χ0) is 50.3. The molecule has 7 rings (SSSR count). The number of sulfonamides is 2. The molecular formula is C51H59Cl2F3N6O6S2. The van der Waals surface area contributed by atoms with E-state index in [1.807, 2.05) is 0 Å². The standard InChI is InChI=1S/C28H29ClF3N3O3S.C23H30ClN3O3S/c29-24-8-6-22(7-9-24)27(36)34-19-21-4-10-26(11-5-21)39(37,38)35-16-13-25(14-17-35)33-15-12-20-2-1-3-23(18-20)28(30,31)32;1-2-3-4-5-14-25-21-13-15-27(17-21)31(29,30)22-8-6-7-20(16-22)26-23(28)18-9-11-19(24)12-10-18/h1-11,18,25,33H,12-17,19H2,(H,34,36);6-12,16,21,25H,2-5,13-15,17H2,1H3,(H,26,28). The molecule has 2 aliphatic heterocycles. The highest BCUT2D eigenvalue weighted by Gasteiger charge is 2.33. The Morgan fingerprint density at radius 2 is 1.21 bits per heavy atom. The first-order valence-electron chi connectivity index (χ1n) is 23.4. The maximum Gasteiger partial charge on any atom is 0.416 e. The average molecular weight is 1040 g/mol. The lowest BCUT2D eigenvalue weighted by Crippen LogP contribution is -2.45. The second-order valence-corrected chi connectivity index (χ2v) is 22.0. The minimum Gasteiger partial charge on any atom is -0.348 e. The SMILES string of the molecule is CCCCCCNC1CCN(S(=O)(=O)c2cccc(NC(=O)c3ccc(Cl)cc3)c2)C1.O=C(NCc1ccc(S(=O)(=O)N2CCC(NCCc3cccc(C(F)(F)F)c3)CC2)cc1)c1ccc(Cl)cc1. The van der Waals surface area contributed by atoms with E-state index in [-0.39, 0.29) is 40.2 Å². The van der Waals surface area contributed by atoms with Crippen molar-refractivity contribution >= 4 is 60.8 Å². The van der Waals surface area contributed by atoms with Crippen molar-refractivity contribution in [3.8, 4) is 0 Å². The molecule has 0 spiro atoms. The molecule has 2 amide bonds. The lowest BCUT2D eigenvalue weighted by Gasteiger charge is -2.31. The summed E-state index contributed by atoms with van der Waals surface area (Å²) in [6, 6.07) is 31.5. The fraction of sp³-hybridized carbons (Fsp3) is 0.373. The fourth-order valence-corrected chi connectivity index (χ4v) is 11.4. The van der Waals surface area contributed by atoms with E-state index in [2.05, 4.69) is 28.2 Å². The largest absolute Gasteiger partial charge is 0.416 e. The highest BCUT2D eigenvalue weighted by atomic mass is 35.5. The Hall–Kier alpha value is -4.85. The molecule has 5 aromatic rings. The summed E-state index contributed by atoms with van der Waals surface area (Å²) in [7, 11) is -7.28. The number of piperidine rings is 1. The number of halogens is 5. The molecule has 0 bridgehead atoms. The minimum atomic E-state index is -4.37. The molecule has 2 saturated heterocycles. The average Bonchev–Trinajstić information content (AvgIpc) is 3.84. The first-order valence-corrected chi connectivity index (χ1v) is 27.0. The Bertz CT molecular complexity index is 2730. The van der Waals surface area contributed by atoms with Crippen molar-refractivity contribution in [2.45, 2.75) is 92.9 Å². The van der Waals surface area contributed by atoms with Crippen LogP contribution in [0, 0.1) is 0 Å². The van der Waals surface area contributed by atoms with Gasteiger partial charge in [0, 0.05) is 71.7 Å². The molecule has 0 radical (unpaired) electrons. The van der Waals surface area contributed by atoms with Gasteiger partial charge < -0.3 is 21.3 Å². The third-order valence-corrected chi connectivity index (χ3v) is 16.4. The van der Waals surface area contributed by atoms with E-state index in [1.54, 1.807) is 97.1 Å². The number of anilines is 1. The van der Waals surface area contributed by atoms with Crippen LogP contribution in [0.5, 0.6) is 0 Å². The summed E-state index contributed by atoms with van der Waals surface area (Å²) in [5.74, 6) is -0.575. The summed E-state index contributed by atoms with van der Waals surface area (Å²) in [5, 5.41) is 13.5. The third-order valence-electron chi connectivity index (χ3n) is 12.1. The van der Waals surface area contributed by atoms with E-state index in [0.29, 0.717) is 84.4 Å². The van der Waals surface area contributed by atoms with Gasteiger partial charge in [-0.1, -0.05) is 85.8 Å². The van der Waals surface area contributed by atoms with Crippen molar-refractivity contribution in [2.24, 2.45) is 0 Å². The van der Waals surface area contributed by atoms with Gasteiger partial charge in [-0.3, -0.25) is 9.59 Å². The zero-order valence-corrected chi connectivity index (χ0v) is 42.0. The number of carbonyl (C=O) groups excluding carboxylic acids is 2. The molecule has 0 aromatic heterocycles.